The molecule has 0 spiro atoms. The van der Waals surface area contributed by atoms with Crippen LogP contribution in [0.2, 0.25) is 0 Å². The van der Waals surface area contributed by atoms with E-state index in [9.17, 15) is 4.79 Å². The highest BCUT2D eigenvalue weighted by molar-refractivity contribution is 7.99. The van der Waals surface area contributed by atoms with E-state index in [1.807, 2.05) is 6.92 Å². The summed E-state index contributed by atoms with van der Waals surface area (Å²) in [5.74, 6) is 0.582. The molecule has 1 fully saturated rings. The number of carbonyl (C=O) groups is 1. The Bertz CT molecular complexity index is 317. The van der Waals surface area contributed by atoms with Gasteiger partial charge in [-0.15, -0.1) is 4.52 Å². The Labute approximate surface area is 112 Å². The van der Waals surface area contributed by atoms with Crippen molar-refractivity contribution in [2.24, 2.45) is 21.3 Å². The number of hydrazine groups is 1. The number of hydrogen-bond acceptors (Lipinski definition) is 6. The first-order valence-electron chi connectivity index (χ1n) is 6.51. The largest absolute Gasteiger partial charge is 0.328 e. The van der Waals surface area contributed by atoms with E-state index in [1.165, 1.54) is 11.9 Å². The van der Waals surface area contributed by atoms with Crippen molar-refractivity contribution in [3.63, 3.8) is 0 Å². The Hall–Kier alpha value is -0.660. The lowest BCUT2D eigenvalue weighted by molar-refractivity contribution is -0.121. The highest BCUT2D eigenvalue weighted by Gasteiger charge is 2.30. The predicted molar refractivity (Wildman–Crippen MR) is 71.8 cm³/mol. The highest BCUT2D eigenvalue weighted by atomic mass is 32.2. The van der Waals surface area contributed by atoms with Crippen molar-refractivity contribution in [1.29, 1.82) is 0 Å². The lowest BCUT2D eigenvalue weighted by atomic mass is 9.86. The SMILES string of the molecule is CC1N=NSC1C(=O)NNCC1CCC(N)CC1. The predicted octanol–water partition coefficient (Wildman–Crippen LogP) is 0.996. The Morgan fingerprint density at radius 3 is 2.72 bits per heavy atom. The van der Waals surface area contributed by atoms with Crippen LogP contribution in [0.3, 0.4) is 0 Å². The summed E-state index contributed by atoms with van der Waals surface area (Å²) in [6.07, 6.45) is 4.47. The molecule has 1 saturated carbocycles. The smallest absolute Gasteiger partial charge is 0.251 e. The third-order valence-corrected chi connectivity index (χ3v) is 4.60. The third kappa shape index (κ3) is 3.66. The molecule has 1 aliphatic heterocycles. The summed E-state index contributed by atoms with van der Waals surface area (Å²) >= 11 is 1.23. The second-order valence-electron chi connectivity index (χ2n) is 5.11. The highest BCUT2D eigenvalue weighted by Crippen LogP contribution is 2.26. The van der Waals surface area contributed by atoms with Crippen LogP contribution in [0.1, 0.15) is 32.6 Å². The molecule has 1 amide bonds. The van der Waals surface area contributed by atoms with Crippen LogP contribution in [0.15, 0.2) is 9.63 Å². The van der Waals surface area contributed by atoms with Crippen LogP contribution in [-0.2, 0) is 4.79 Å². The minimum absolute atomic E-state index is 0.0370. The van der Waals surface area contributed by atoms with Gasteiger partial charge in [-0.1, -0.05) is 0 Å². The molecule has 6 nitrogen and oxygen atoms in total. The standard InChI is InChI=1S/C11H21N5OS/c1-7-10(18-16-14-7)11(17)15-13-6-8-2-4-9(12)5-3-8/h7-10,13H,2-6,12H2,1H3,(H,15,17). The van der Waals surface area contributed by atoms with Gasteiger partial charge in [-0.2, -0.15) is 5.11 Å². The molecule has 2 aliphatic rings. The molecule has 0 aromatic rings. The van der Waals surface area contributed by atoms with Gasteiger partial charge in [0, 0.05) is 24.5 Å². The van der Waals surface area contributed by atoms with Crippen LogP contribution >= 0.6 is 11.9 Å². The molecule has 102 valence electrons. The van der Waals surface area contributed by atoms with E-state index >= 15 is 0 Å². The molecule has 0 radical (unpaired) electrons. The van der Waals surface area contributed by atoms with Gasteiger partial charge >= 0.3 is 0 Å². The fourth-order valence-corrected chi connectivity index (χ4v) is 3.00. The molecule has 2 unspecified atom stereocenters. The molecule has 0 aromatic heterocycles. The molecule has 0 aromatic carbocycles. The third-order valence-electron chi connectivity index (χ3n) is 3.58. The summed E-state index contributed by atoms with van der Waals surface area (Å²) in [6, 6.07) is 0.333. The van der Waals surface area contributed by atoms with Gasteiger partial charge in [0.1, 0.15) is 5.25 Å². The maximum absolute atomic E-state index is 11.8. The van der Waals surface area contributed by atoms with Gasteiger partial charge in [0.25, 0.3) is 5.91 Å². The van der Waals surface area contributed by atoms with E-state index in [-0.39, 0.29) is 17.2 Å². The zero-order chi connectivity index (χ0) is 13.0. The van der Waals surface area contributed by atoms with Crippen LogP contribution in [0.25, 0.3) is 0 Å². The normalized spacial score (nSPS) is 35.7. The fraction of sp³-hybridized carbons (Fsp3) is 0.909. The molecule has 2 atom stereocenters. The number of rotatable bonds is 4. The van der Waals surface area contributed by atoms with E-state index in [0.29, 0.717) is 12.0 Å². The zero-order valence-electron chi connectivity index (χ0n) is 10.6. The van der Waals surface area contributed by atoms with Crippen molar-refractivity contribution >= 4 is 17.9 Å². The quantitative estimate of drug-likeness (QED) is 0.525. The molecule has 1 aliphatic carbocycles. The summed E-state index contributed by atoms with van der Waals surface area (Å²) in [6.45, 7) is 2.72. The number of hydrogen-bond donors (Lipinski definition) is 3. The first kappa shape index (κ1) is 13.8. The zero-order valence-corrected chi connectivity index (χ0v) is 11.4. The molecular weight excluding hydrogens is 250 g/mol. The lowest BCUT2D eigenvalue weighted by Crippen LogP contribution is -2.46. The van der Waals surface area contributed by atoms with Crippen LogP contribution < -0.4 is 16.6 Å². The monoisotopic (exact) mass is 271 g/mol. The molecule has 1 heterocycles. The average molecular weight is 271 g/mol. The van der Waals surface area contributed by atoms with Crippen LogP contribution in [0.5, 0.6) is 0 Å². The minimum atomic E-state index is -0.197. The lowest BCUT2D eigenvalue weighted by Gasteiger charge is -2.26. The summed E-state index contributed by atoms with van der Waals surface area (Å²) in [7, 11) is 0. The number of nitrogens with two attached hydrogens (primary N) is 1. The van der Waals surface area contributed by atoms with E-state index in [2.05, 4.69) is 20.5 Å². The van der Waals surface area contributed by atoms with Crippen molar-refractivity contribution in [2.75, 3.05) is 6.54 Å². The van der Waals surface area contributed by atoms with Gasteiger partial charge in [0.15, 0.2) is 0 Å². The van der Waals surface area contributed by atoms with Crippen molar-refractivity contribution in [1.82, 2.24) is 10.9 Å². The van der Waals surface area contributed by atoms with Gasteiger partial charge in [0.05, 0.1) is 6.04 Å². The Balaban J connectivity index is 1.62. The second kappa shape index (κ2) is 6.49. The van der Waals surface area contributed by atoms with Crippen LogP contribution in [0, 0.1) is 5.92 Å². The van der Waals surface area contributed by atoms with Crippen LogP contribution in [0.4, 0.5) is 0 Å². The van der Waals surface area contributed by atoms with Crippen molar-refractivity contribution in [3.05, 3.63) is 0 Å². The molecular formula is C11H21N5OS. The topological polar surface area (TPSA) is 91.9 Å². The summed E-state index contributed by atoms with van der Waals surface area (Å²) in [5, 5.41) is 3.73. The van der Waals surface area contributed by atoms with E-state index in [4.69, 9.17) is 5.73 Å². The maximum atomic E-state index is 11.8. The van der Waals surface area contributed by atoms with Gasteiger partial charge in [-0.05, 0) is 38.5 Å². The summed E-state index contributed by atoms with van der Waals surface area (Å²) in [5.41, 5.74) is 11.6. The molecule has 0 saturated heterocycles. The fourth-order valence-electron chi connectivity index (χ4n) is 2.31. The minimum Gasteiger partial charge on any atom is -0.328 e. The van der Waals surface area contributed by atoms with Crippen LogP contribution in [-0.4, -0.2) is 29.8 Å². The molecule has 7 heteroatoms. The second-order valence-corrected chi connectivity index (χ2v) is 6.00. The van der Waals surface area contributed by atoms with Gasteiger partial charge in [0.2, 0.25) is 0 Å². The maximum Gasteiger partial charge on any atom is 0.251 e. The number of nitrogens with zero attached hydrogens (tertiary/aromatic N) is 2. The first-order chi connectivity index (χ1) is 8.66. The van der Waals surface area contributed by atoms with E-state index < -0.39 is 0 Å². The molecule has 4 N–H and O–H groups in total. The molecule has 2 rings (SSSR count). The summed E-state index contributed by atoms with van der Waals surface area (Å²) < 4.78 is 3.81. The van der Waals surface area contributed by atoms with Crippen molar-refractivity contribution in [2.45, 2.75) is 49.9 Å². The molecule has 0 bridgehead atoms. The number of carbonyl (C=O) groups excluding carboxylic acids is 1. The molecule has 18 heavy (non-hydrogen) atoms. The van der Waals surface area contributed by atoms with Crippen molar-refractivity contribution in [3.8, 4) is 0 Å². The number of nitrogens with one attached hydrogen (secondary N) is 2. The van der Waals surface area contributed by atoms with E-state index in [0.717, 1.165) is 32.2 Å². The Morgan fingerprint density at radius 1 is 1.39 bits per heavy atom. The first-order valence-corrected chi connectivity index (χ1v) is 7.34. The Morgan fingerprint density at radius 2 is 2.11 bits per heavy atom. The van der Waals surface area contributed by atoms with Gasteiger partial charge < -0.3 is 5.73 Å². The van der Waals surface area contributed by atoms with Crippen molar-refractivity contribution < 1.29 is 4.79 Å². The van der Waals surface area contributed by atoms with E-state index in [1.54, 1.807) is 0 Å². The number of amides is 1. The Kier molecular flexibility index (Phi) is 4.96. The van der Waals surface area contributed by atoms with Gasteiger partial charge in [-0.25, -0.2) is 5.43 Å². The average Bonchev–Trinajstić information content (AvgIpc) is 2.78. The van der Waals surface area contributed by atoms with Gasteiger partial charge in [-0.3, -0.25) is 10.2 Å². The summed E-state index contributed by atoms with van der Waals surface area (Å²) in [4.78, 5) is 11.8.